The van der Waals surface area contributed by atoms with E-state index in [1.165, 1.54) is 49.3 Å². The van der Waals surface area contributed by atoms with Crippen LogP contribution in [0, 0.1) is 12.8 Å². The van der Waals surface area contributed by atoms with Gasteiger partial charge in [-0.3, -0.25) is 4.90 Å². The van der Waals surface area contributed by atoms with E-state index in [1.54, 1.807) is 0 Å². The third-order valence-corrected chi connectivity index (χ3v) is 5.64. The maximum absolute atomic E-state index is 6.02. The van der Waals surface area contributed by atoms with Crippen molar-refractivity contribution in [1.29, 1.82) is 0 Å². The Labute approximate surface area is 191 Å². The molecule has 4 rings (SSSR count). The van der Waals surface area contributed by atoms with Crippen LogP contribution < -0.4 is 16.0 Å². The van der Waals surface area contributed by atoms with E-state index in [9.17, 15) is 0 Å². The van der Waals surface area contributed by atoms with Gasteiger partial charge in [-0.05, 0) is 55.5 Å². The van der Waals surface area contributed by atoms with Gasteiger partial charge < -0.3 is 16.0 Å². The minimum Gasteiger partial charge on any atom is -0.370 e. The van der Waals surface area contributed by atoms with Crippen molar-refractivity contribution in [3.8, 4) is 0 Å². The summed E-state index contributed by atoms with van der Waals surface area (Å²) in [6.07, 6.45) is 2.88. The maximum Gasteiger partial charge on any atom is 0.193 e. The molecule has 1 heterocycles. The van der Waals surface area contributed by atoms with E-state index in [-0.39, 0.29) is 24.0 Å². The van der Waals surface area contributed by atoms with Gasteiger partial charge in [0.1, 0.15) is 0 Å². The molecule has 2 aromatic rings. The summed E-state index contributed by atoms with van der Waals surface area (Å²) in [6, 6.07) is 16.9. The fourth-order valence-electron chi connectivity index (χ4n) is 3.67. The Bertz CT molecular complexity index is 791. The van der Waals surface area contributed by atoms with Gasteiger partial charge in [0.25, 0.3) is 0 Å². The van der Waals surface area contributed by atoms with Crippen LogP contribution >= 0.6 is 24.0 Å². The number of rotatable bonds is 6. The van der Waals surface area contributed by atoms with Crippen LogP contribution in [0.15, 0.2) is 53.5 Å². The van der Waals surface area contributed by atoms with Crippen molar-refractivity contribution in [3.05, 3.63) is 59.7 Å². The topological polar surface area (TPSA) is 56.9 Å². The van der Waals surface area contributed by atoms with Gasteiger partial charge in [0.05, 0.1) is 6.54 Å². The summed E-state index contributed by atoms with van der Waals surface area (Å²) >= 11 is 0. The highest BCUT2D eigenvalue weighted by molar-refractivity contribution is 14.0. The van der Waals surface area contributed by atoms with Gasteiger partial charge in [0, 0.05) is 44.1 Å². The minimum atomic E-state index is 0. The van der Waals surface area contributed by atoms with Crippen LogP contribution in [0.2, 0.25) is 0 Å². The second kappa shape index (κ2) is 10.3. The highest BCUT2D eigenvalue weighted by Gasteiger charge is 2.26. The molecule has 5 nitrogen and oxygen atoms in total. The lowest BCUT2D eigenvalue weighted by atomic mass is 10.1. The van der Waals surface area contributed by atoms with Gasteiger partial charge in [-0.25, -0.2) is 4.99 Å². The molecular formula is C23H32IN5. The van der Waals surface area contributed by atoms with Gasteiger partial charge in [0.15, 0.2) is 5.96 Å². The summed E-state index contributed by atoms with van der Waals surface area (Å²) in [5, 5.41) is 3.14. The number of halogens is 1. The Balaban J connectivity index is 0.00000240. The highest BCUT2D eigenvalue weighted by Crippen LogP contribution is 2.30. The van der Waals surface area contributed by atoms with E-state index < -0.39 is 0 Å². The molecule has 1 aliphatic carbocycles. The minimum absolute atomic E-state index is 0. The van der Waals surface area contributed by atoms with E-state index in [1.807, 2.05) is 12.1 Å². The molecule has 3 N–H and O–H groups in total. The fraction of sp³-hybridized carbons (Fsp3) is 0.435. The SMILES string of the molecule is Cc1ccc(NC(N)=NCc2ccc(N3CCN(CC4CC4)CC3)cc2)cc1.I. The van der Waals surface area contributed by atoms with Crippen LogP contribution in [-0.4, -0.2) is 43.6 Å². The van der Waals surface area contributed by atoms with Crippen molar-refractivity contribution >= 4 is 41.3 Å². The summed E-state index contributed by atoms with van der Waals surface area (Å²) in [5.41, 5.74) is 10.7. The molecule has 2 fully saturated rings. The molecule has 1 saturated carbocycles. The highest BCUT2D eigenvalue weighted by atomic mass is 127. The first-order chi connectivity index (χ1) is 13.7. The molecule has 0 spiro atoms. The maximum atomic E-state index is 6.02. The molecule has 0 radical (unpaired) electrons. The second-order valence-corrected chi connectivity index (χ2v) is 8.09. The van der Waals surface area contributed by atoms with E-state index in [2.05, 4.69) is 63.4 Å². The first-order valence-corrected chi connectivity index (χ1v) is 10.4. The van der Waals surface area contributed by atoms with Crippen LogP contribution in [0.5, 0.6) is 0 Å². The Kier molecular flexibility index (Phi) is 7.77. The van der Waals surface area contributed by atoms with Crippen molar-refractivity contribution in [3.63, 3.8) is 0 Å². The Morgan fingerprint density at radius 3 is 2.28 bits per heavy atom. The summed E-state index contributed by atoms with van der Waals surface area (Å²) in [5.74, 6) is 1.43. The molecule has 0 aromatic heterocycles. The molecule has 156 valence electrons. The number of hydrogen-bond donors (Lipinski definition) is 2. The van der Waals surface area contributed by atoms with Crippen LogP contribution in [0.4, 0.5) is 11.4 Å². The first kappa shape index (κ1) is 21.9. The molecule has 1 aliphatic heterocycles. The largest absolute Gasteiger partial charge is 0.370 e. The smallest absolute Gasteiger partial charge is 0.193 e. The van der Waals surface area contributed by atoms with E-state index >= 15 is 0 Å². The lowest BCUT2D eigenvalue weighted by Crippen LogP contribution is -2.47. The van der Waals surface area contributed by atoms with Crippen LogP contribution in [0.3, 0.4) is 0 Å². The standard InChI is InChI=1S/C23H31N5.HI/c1-18-2-8-21(9-3-18)26-23(24)25-16-19-6-10-22(11-7-19)28-14-12-27(13-15-28)17-20-4-5-20;/h2-3,6-11,20H,4-5,12-17H2,1H3,(H3,24,25,26);1H. The van der Waals surface area contributed by atoms with Crippen LogP contribution in [-0.2, 0) is 6.54 Å². The number of nitrogens with zero attached hydrogens (tertiary/aromatic N) is 3. The van der Waals surface area contributed by atoms with E-state index in [0.29, 0.717) is 12.5 Å². The van der Waals surface area contributed by atoms with Crippen molar-refractivity contribution in [2.75, 3.05) is 42.9 Å². The van der Waals surface area contributed by atoms with Gasteiger partial charge >= 0.3 is 0 Å². The average Bonchev–Trinajstić information content (AvgIpc) is 3.53. The number of guanidine groups is 1. The third-order valence-electron chi connectivity index (χ3n) is 5.64. The zero-order chi connectivity index (χ0) is 19.3. The van der Waals surface area contributed by atoms with Gasteiger partial charge in [0.2, 0.25) is 0 Å². The number of nitrogens with two attached hydrogens (primary N) is 1. The number of aliphatic imine (C=N–C) groups is 1. The molecule has 0 atom stereocenters. The summed E-state index contributed by atoms with van der Waals surface area (Å²) in [7, 11) is 0. The van der Waals surface area contributed by atoms with E-state index in [4.69, 9.17) is 5.73 Å². The molecule has 0 bridgehead atoms. The summed E-state index contributed by atoms with van der Waals surface area (Å²) in [4.78, 5) is 9.58. The van der Waals surface area contributed by atoms with Crippen molar-refractivity contribution in [2.24, 2.45) is 16.6 Å². The van der Waals surface area contributed by atoms with Crippen molar-refractivity contribution < 1.29 is 0 Å². The molecule has 0 unspecified atom stereocenters. The zero-order valence-electron chi connectivity index (χ0n) is 17.2. The van der Waals surface area contributed by atoms with E-state index in [0.717, 1.165) is 24.7 Å². The van der Waals surface area contributed by atoms with Crippen LogP contribution in [0.1, 0.15) is 24.0 Å². The Morgan fingerprint density at radius 1 is 1.00 bits per heavy atom. The molecule has 0 amide bonds. The number of hydrogen-bond acceptors (Lipinski definition) is 3. The molecule has 2 aromatic carbocycles. The number of nitrogens with one attached hydrogen (secondary N) is 1. The van der Waals surface area contributed by atoms with Gasteiger partial charge in [-0.2, -0.15) is 0 Å². The molecule has 2 aliphatic rings. The molecular weight excluding hydrogens is 473 g/mol. The lowest BCUT2D eigenvalue weighted by Gasteiger charge is -2.36. The predicted octanol–water partition coefficient (Wildman–Crippen LogP) is 4.07. The normalized spacial score (nSPS) is 17.7. The number of aryl methyl sites for hydroxylation is 1. The quantitative estimate of drug-likeness (QED) is 0.353. The average molecular weight is 505 g/mol. The third kappa shape index (κ3) is 6.60. The fourth-order valence-corrected chi connectivity index (χ4v) is 3.67. The second-order valence-electron chi connectivity index (χ2n) is 8.09. The lowest BCUT2D eigenvalue weighted by molar-refractivity contribution is 0.248. The van der Waals surface area contributed by atoms with Gasteiger partial charge in [-0.15, -0.1) is 24.0 Å². The van der Waals surface area contributed by atoms with Gasteiger partial charge in [-0.1, -0.05) is 29.8 Å². The molecule has 29 heavy (non-hydrogen) atoms. The molecule has 6 heteroatoms. The number of benzene rings is 2. The first-order valence-electron chi connectivity index (χ1n) is 10.4. The summed E-state index contributed by atoms with van der Waals surface area (Å²) in [6.45, 7) is 8.57. The van der Waals surface area contributed by atoms with Crippen LogP contribution in [0.25, 0.3) is 0 Å². The van der Waals surface area contributed by atoms with Crippen molar-refractivity contribution in [2.45, 2.75) is 26.3 Å². The Morgan fingerprint density at radius 2 is 1.66 bits per heavy atom. The zero-order valence-corrected chi connectivity index (χ0v) is 19.5. The monoisotopic (exact) mass is 505 g/mol. The number of piperazine rings is 1. The predicted molar refractivity (Wildman–Crippen MR) is 133 cm³/mol. The van der Waals surface area contributed by atoms with Crippen molar-refractivity contribution in [1.82, 2.24) is 4.90 Å². The summed E-state index contributed by atoms with van der Waals surface area (Å²) < 4.78 is 0. The number of anilines is 2. The Hall–Kier alpha value is -1.80. The molecule has 1 saturated heterocycles.